The Morgan fingerprint density at radius 2 is 1.97 bits per heavy atom. The van der Waals surface area contributed by atoms with Gasteiger partial charge in [0.15, 0.2) is 11.5 Å². The first kappa shape index (κ1) is 22.6. The molecule has 31 heavy (non-hydrogen) atoms. The second-order valence-corrected chi connectivity index (χ2v) is 7.55. The molecule has 0 saturated carbocycles. The van der Waals surface area contributed by atoms with Crippen LogP contribution in [0.4, 0.5) is 8.78 Å². The number of hydrogen-bond donors (Lipinski definition) is 3. The Kier molecular flexibility index (Phi) is 6.23. The number of aliphatic hydroxyl groups excluding tert-OH is 1. The first-order valence-corrected chi connectivity index (χ1v) is 9.51. The number of benzene rings is 1. The van der Waals surface area contributed by atoms with Gasteiger partial charge in [0, 0.05) is 32.0 Å². The number of carbonyl (C=O) groups excluding carboxylic acids is 2. The normalized spacial score (nSPS) is 20.4. The summed E-state index contributed by atoms with van der Waals surface area (Å²) in [6, 6.07) is 3.24. The molecule has 8 nitrogen and oxygen atoms in total. The molecule has 2 aromatic rings. The number of Topliss-reactive ketones (excluding diaryl/α,β-unsaturated/α-hetero) is 1. The molecule has 1 aliphatic heterocycles. The summed E-state index contributed by atoms with van der Waals surface area (Å²) in [5, 5.41) is 22.0. The second-order valence-electron chi connectivity index (χ2n) is 7.55. The molecule has 1 aromatic carbocycles. The number of rotatable bonds is 6. The van der Waals surface area contributed by atoms with Crippen molar-refractivity contribution in [2.75, 3.05) is 13.7 Å². The first-order chi connectivity index (χ1) is 14.7. The van der Waals surface area contributed by atoms with Gasteiger partial charge in [-0.3, -0.25) is 14.4 Å². The van der Waals surface area contributed by atoms with Crippen LogP contribution in [0.5, 0.6) is 5.75 Å². The number of nitrogens with zero attached hydrogens (tertiary/aromatic N) is 1. The van der Waals surface area contributed by atoms with Crippen LogP contribution < -0.4 is 10.7 Å². The molecule has 0 aliphatic carbocycles. The van der Waals surface area contributed by atoms with E-state index in [1.54, 1.807) is 6.92 Å². The fourth-order valence-electron chi connectivity index (χ4n) is 3.80. The average molecular weight is 436 g/mol. The minimum atomic E-state index is -1.18. The second kappa shape index (κ2) is 8.56. The highest BCUT2D eigenvalue weighted by atomic mass is 19.1. The Labute approximate surface area is 176 Å². The summed E-state index contributed by atoms with van der Waals surface area (Å²) in [5.74, 6) is -4.20. The van der Waals surface area contributed by atoms with Gasteiger partial charge in [-0.15, -0.1) is 0 Å². The third-order valence-corrected chi connectivity index (χ3v) is 5.71. The summed E-state index contributed by atoms with van der Waals surface area (Å²) >= 11 is 0. The molecule has 3 rings (SSSR count). The van der Waals surface area contributed by atoms with Crippen molar-refractivity contribution in [1.29, 1.82) is 0 Å². The maximum absolute atomic E-state index is 13.8. The Morgan fingerprint density at radius 1 is 1.32 bits per heavy atom. The highest BCUT2D eigenvalue weighted by Gasteiger charge is 2.48. The average Bonchev–Trinajstić information content (AvgIpc) is 2.72. The number of amides is 1. The number of aliphatic hydroxyl groups is 1. The molecule has 0 unspecified atom stereocenters. The zero-order chi connectivity index (χ0) is 22.9. The molecule has 2 heterocycles. The summed E-state index contributed by atoms with van der Waals surface area (Å²) < 4.78 is 34.2. The molecule has 166 valence electrons. The number of aromatic nitrogens is 1. The first-order valence-electron chi connectivity index (χ1n) is 9.51. The van der Waals surface area contributed by atoms with E-state index in [2.05, 4.69) is 5.32 Å². The van der Waals surface area contributed by atoms with Crippen LogP contribution in [0.1, 0.15) is 39.8 Å². The molecule has 1 amide bonds. The minimum Gasteiger partial charge on any atom is -0.503 e. The lowest BCUT2D eigenvalue weighted by molar-refractivity contribution is -0.0238. The van der Waals surface area contributed by atoms with Crippen molar-refractivity contribution >= 4 is 11.7 Å². The van der Waals surface area contributed by atoms with Gasteiger partial charge in [0.2, 0.25) is 5.43 Å². The summed E-state index contributed by atoms with van der Waals surface area (Å²) in [7, 11) is 1.39. The summed E-state index contributed by atoms with van der Waals surface area (Å²) in [6.45, 7) is 0.772. The number of halogens is 2. The lowest BCUT2D eigenvalue weighted by Gasteiger charge is -2.40. The smallest absolute Gasteiger partial charge is 0.257 e. The summed E-state index contributed by atoms with van der Waals surface area (Å²) in [5.41, 5.74) is -3.43. The molecule has 10 heteroatoms. The predicted octanol–water partition coefficient (Wildman–Crippen LogP) is 1.36. The highest BCUT2D eigenvalue weighted by molar-refractivity contribution is 6.03. The number of fused-ring (bicyclic) bond motifs is 1. The van der Waals surface area contributed by atoms with E-state index in [1.807, 2.05) is 0 Å². The van der Waals surface area contributed by atoms with E-state index in [0.29, 0.717) is 0 Å². The molecule has 0 radical (unpaired) electrons. The predicted molar refractivity (Wildman–Crippen MR) is 105 cm³/mol. The van der Waals surface area contributed by atoms with Crippen LogP contribution in [0.15, 0.2) is 29.2 Å². The molecule has 3 N–H and O–H groups in total. The monoisotopic (exact) mass is 436 g/mol. The van der Waals surface area contributed by atoms with E-state index in [-0.39, 0.29) is 30.8 Å². The van der Waals surface area contributed by atoms with Crippen LogP contribution in [-0.4, -0.2) is 46.3 Å². The zero-order valence-corrected chi connectivity index (χ0v) is 16.9. The molecule has 1 aromatic heterocycles. The van der Waals surface area contributed by atoms with Gasteiger partial charge in [-0.1, -0.05) is 6.07 Å². The molecular weight excluding hydrogens is 414 g/mol. The van der Waals surface area contributed by atoms with Gasteiger partial charge < -0.3 is 24.8 Å². The number of methoxy groups -OCH3 is 1. The zero-order valence-electron chi connectivity index (χ0n) is 16.9. The van der Waals surface area contributed by atoms with Crippen molar-refractivity contribution in [2.24, 2.45) is 5.41 Å². The Bertz CT molecular complexity index is 1080. The van der Waals surface area contributed by atoms with E-state index in [4.69, 9.17) is 4.74 Å². The van der Waals surface area contributed by atoms with Gasteiger partial charge in [-0.05, 0) is 25.5 Å². The number of aromatic hydroxyl groups is 1. The van der Waals surface area contributed by atoms with Gasteiger partial charge in [-0.25, -0.2) is 8.78 Å². The minimum absolute atomic E-state index is 0.0319. The van der Waals surface area contributed by atoms with Crippen LogP contribution in [0, 0.1) is 17.0 Å². The van der Waals surface area contributed by atoms with Crippen LogP contribution >= 0.6 is 0 Å². The third-order valence-electron chi connectivity index (χ3n) is 5.71. The lowest BCUT2D eigenvalue weighted by Crippen LogP contribution is -2.50. The van der Waals surface area contributed by atoms with E-state index in [1.165, 1.54) is 17.7 Å². The van der Waals surface area contributed by atoms with Gasteiger partial charge in [0.25, 0.3) is 5.91 Å². The van der Waals surface area contributed by atoms with Crippen molar-refractivity contribution in [2.45, 2.75) is 32.5 Å². The van der Waals surface area contributed by atoms with Gasteiger partial charge in [0.1, 0.15) is 22.9 Å². The maximum Gasteiger partial charge on any atom is 0.257 e. The van der Waals surface area contributed by atoms with Crippen LogP contribution in [0.25, 0.3) is 0 Å². The Morgan fingerprint density at radius 3 is 2.55 bits per heavy atom. The Balaban J connectivity index is 1.97. The maximum atomic E-state index is 13.8. The summed E-state index contributed by atoms with van der Waals surface area (Å²) in [6.07, 6.45) is 0.464. The number of ether oxygens (including phenoxy) is 1. The molecule has 0 saturated heterocycles. The van der Waals surface area contributed by atoms with Crippen molar-refractivity contribution in [3.05, 3.63) is 63.1 Å². The standard InChI is InChI=1S/C21H22F2N2O6/c1-21(6-7-26)15(31-2)10-25-9-12(17(27)18(28)16(25)19(21)29)20(30)24-8-11-13(22)4-3-5-14(11)23/h3-5,9,15,26,28H,6-8,10H2,1-2H3,(H,24,30)/t15-,21-/m0/s1. The third kappa shape index (κ3) is 3.84. The van der Waals surface area contributed by atoms with Crippen molar-refractivity contribution in [1.82, 2.24) is 9.88 Å². The quantitative estimate of drug-likeness (QED) is 0.630. The lowest BCUT2D eigenvalue weighted by atomic mass is 9.73. The number of carbonyl (C=O) groups is 2. The van der Waals surface area contributed by atoms with Crippen LogP contribution in [0.3, 0.4) is 0 Å². The SMILES string of the molecule is CO[C@H]1Cn2cc(C(=O)NCc3c(F)cccc3F)c(=O)c(O)c2C(=O)[C@@]1(C)CCO. The molecule has 1 aliphatic rings. The molecule has 0 spiro atoms. The van der Waals surface area contributed by atoms with Crippen molar-refractivity contribution < 1.29 is 33.3 Å². The van der Waals surface area contributed by atoms with Crippen LogP contribution in [-0.2, 0) is 17.8 Å². The van der Waals surface area contributed by atoms with E-state index in [9.17, 15) is 33.4 Å². The van der Waals surface area contributed by atoms with E-state index >= 15 is 0 Å². The fraction of sp³-hybridized carbons (Fsp3) is 0.381. The van der Waals surface area contributed by atoms with Crippen LogP contribution in [0.2, 0.25) is 0 Å². The number of nitrogens with one attached hydrogen (secondary N) is 1. The highest BCUT2D eigenvalue weighted by Crippen LogP contribution is 2.39. The van der Waals surface area contributed by atoms with Gasteiger partial charge in [0.05, 0.1) is 18.1 Å². The molecule has 2 atom stereocenters. The van der Waals surface area contributed by atoms with E-state index in [0.717, 1.165) is 18.3 Å². The molecule has 0 fully saturated rings. The fourth-order valence-corrected chi connectivity index (χ4v) is 3.80. The number of ketones is 1. The largest absolute Gasteiger partial charge is 0.503 e. The topological polar surface area (TPSA) is 118 Å². The number of pyridine rings is 1. The molecule has 0 bridgehead atoms. The van der Waals surface area contributed by atoms with Gasteiger partial charge in [-0.2, -0.15) is 0 Å². The van der Waals surface area contributed by atoms with Crippen molar-refractivity contribution in [3.63, 3.8) is 0 Å². The van der Waals surface area contributed by atoms with Crippen molar-refractivity contribution in [3.8, 4) is 5.75 Å². The van der Waals surface area contributed by atoms with E-state index < -0.39 is 58.1 Å². The Hall–Kier alpha value is -3.11. The number of hydrogen-bond acceptors (Lipinski definition) is 6. The summed E-state index contributed by atoms with van der Waals surface area (Å²) in [4.78, 5) is 38.2. The van der Waals surface area contributed by atoms with Gasteiger partial charge >= 0.3 is 0 Å². The molecular formula is C21H22F2N2O6.